The van der Waals surface area contributed by atoms with Crippen LogP contribution < -0.4 is 10.6 Å². The predicted octanol–water partition coefficient (Wildman–Crippen LogP) is 3.98. The molecule has 5 rings (SSSR count). The van der Waals surface area contributed by atoms with E-state index in [0.717, 1.165) is 22.5 Å². The second-order valence-electron chi connectivity index (χ2n) is 6.36. The van der Waals surface area contributed by atoms with E-state index in [1.807, 2.05) is 48.5 Å². The molecular formula is C23H15N2OP. The number of pyridine rings is 2. The molecule has 1 aliphatic rings. The first kappa shape index (κ1) is 16.0. The highest BCUT2D eigenvalue weighted by Crippen LogP contribution is 2.27. The Morgan fingerprint density at radius 2 is 0.963 bits per heavy atom. The van der Waals surface area contributed by atoms with Gasteiger partial charge in [0, 0.05) is 11.1 Å². The van der Waals surface area contributed by atoms with Crippen molar-refractivity contribution in [3.63, 3.8) is 0 Å². The SMILES string of the molecule is O=C1c2cccc(n2)-c2ccccc2Pc2ccccc2-c2cccc1n2. The number of carbonyl (C=O) groups excluding carboxylic acids is 1. The lowest BCUT2D eigenvalue weighted by atomic mass is 10.1. The smallest absolute Gasteiger partial charge is 0.229 e. The topological polar surface area (TPSA) is 42.9 Å². The molecule has 3 nitrogen and oxygen atoms in total. The Balaban J connectivity index is 1.83. The minimum Gasteiger partial charge on any atom is -0.285 e. The molecule has 4 aromatic rings. The summed E-state index contributed by atoms with van der Waals surface area (Å²) in [5.74, 6) is -0.156. The van der Waals surface area contributed by atoms with E-state index in [1.54, 1.807) is 12.1 Å². The second-order valence-corrected chi connectivity index (χ2v) is 7.69. The van der Waals surface area contributed by atoms with Gasteiger partial charge < -0.3 is 0 Å². The largest absolute Gasteiger partial charge is 0.285 e. The summed E-state index contributed by atoms with van der Waals surface area (Å²) in [5, 5.41) is 2.41. The number of hydrogen-bond acceptors (Lipinski definition) is 3. The number of aromatic nitrogens is 2. The van der Waals surface area contributed by atoms with Gasteiger partial charge in [0.1, 0.15) is 11.4 Å². The van der Waals surface area contributed by atoms with Gasteiger partial charge in [-0.15, -0.1) is 0 Å². The summed E-state index contributed by atoms with van der Waals surface area (Å²) >= 11 is 0. The Morgan fingerprint density at radius 1 is 0.519 bits per heavy atom. The molecule has 0 aliphatic carbocycles. The van der Waals surface area contributed by atoms with Crippen LogP contribution in [0.2, 0.25) is 0 Å². The van der Waals surface area contributed by atoms with E-state index in [-0.39, 0.29) is 5.78 Å². The van der Waals surface area contributed by atoms with Crippen molar-refractivity contribution in [2.45, 2.75) is 0 Å². The van der Waals surface area contributed by atoms with Crippen LogP contribution in [0, 0.1) is 0 Å². The fourth-order valence-corrected chi connectivity index (χ4v) is 4.67. The van der Waals surface area contributed by atoms with E-state index < -0.39 is 0 Å². The molecule has 0 N–H and O–H groups in total. The summed E-state index contributed by atoms with van der Waals surface area (Å²) in [6, 6.07) is 27.8. The fourth-order valence-electron chi connectivity index (χ4n) is 3.33. The van der Waals surface area contributed by atoms with E-state index in [2.05, 4.69) is 34.2 Å². The van der Waals surface area contributed by atoms with E-state index in [9.17, 15) is 4.79 Å². The average molecular weight is 366 g/mol. The predicted molar refractivity (Wildman–Crippen MR) is 110 cm³/mol. The van der Waals surface area contributed by atoms with Gasteiger partial charge in [0.2, 0.25) is 5.78 Å². The summed E-state index contributed by atoms with van der Waals surface area (Å²) in [5.41, 5.74) is 4.61. The lowest BCUT2D eigenvalue weighted by molar-refractivity contribution is 0.103. The average Bonchev–Trinajstić information content (AvgIpc) is 2.74. The zero-order chi connectivity index (χ0) is 18.2. The molecule has 3 heterocycles. The lowest BCUT2D eigenvalue weighted by Gasteiger charge is -2.15. The van der Waals surface area contributed by atoms with Crippen molar-refractivity contribution in [1.29, 1.82) is 0 Å². The van der Waals surface area contributed by atoms with Crippen LogP contribution >= 0.6 is 8.58 Å². The van der Waals surface area contributed by atoms with Crippen molar-refractivity contribution >= 4 is 25.0 Å². The molecule has 4 heteroatoms. The molecule has 0 unspecified atom stereocenters. The molecule has 0 saturated carbocycles. The minimum absolute atomic E-state index is 0.156. The zero-order valence-electron chi connectivity index (χ0n) is 14.4. The van der Waals surface area contributed by atoms with Crippen LogP contribution in [0.1, 0.15) is 16.2 Å². The quantitative estimate of drug-likeness (QED) is 0.389. The molecule has 27 heavy (non-hydrogen) atoms. The van der Waals surface area contributed by atoms with Gasteiger partial charge in [-0.1, -0.05) is 69.2 Å². The molecule has 128 valence electrons. The Kier molecular flexibility index (Phi) is 3.88. The van der Waals surface area contributed by atoms with E-state index in [1.165, 1.54) is 10.6 Å². The third-order valence-electron chi connectivity index (χ3n) is 4.64. The number of nitrogens with zero attached hydrogens (tertiary/aromatic N) is 2. The molecule has 0 radical (unpaired) electrons. The Hall–Kier alpha value is -3.16. The summed E-state index contributed by atoms with van der Waals surface area (Å²) in [4.78, 5) is 22.3. The van der Waals surface area contributed by atoms with Gasteiger partial charge in [-0.25, -0.2) is 9.97 Å². The molecule has 0 fully saturated rings. The highest BCUT2D eigenvalue weighted by molar-refractivity contribution is 7.56. The zero-order valence-corrected chi connectivity index (χ0v) is 15.4. The van der Waals surface area contributed by atoms with Crippen LogP contribution in [-0.4, -0.2) is 15.8 Å². The molecule has 0 saturated heterocycles. The highest BCUT2D eigenvalue weighted by atomic mass is 31.1. The maximum atomic E-state index is 13.0. The molecule has 0 atom stereocenters. The van der Waals surface area contributed by atoms with Crippen molar-refractivity contribution in [3.8, 4) is 22.5 Å². The molecule has 4 bridgehead atoms. The first-order valence-corrected chi connectivity index (χ1v) is 9.74. The third kappa shape index (κ3) is 2.87. The van der Waals surface area contributed by atoms with Crippen molar-refractivity contribution in [1.82, 2.24) is 9.97 Å². The number of ketones is 1. The molecule has 0 amide bonds. The standard InChI is InChI=1S/C23H15N2OP/c26-23-19-11-5-9-17(24-19)15-7-1-3-13-21(15)27-22-14-4-2-8-16(22)18-10-6-12-20(23)25-18/h1-14,27H. The normalized spacial score (nSPS) is 12.4. The Labute approximate surface area is 158 Å². The second kappa shape index (κ2) is 6.53. The molecular weight excluding hydrogens is 351 g/mol. The van der Waals surface area contributed by atoms with Gasteiger partial charge in [0.05, 0.1) is 11.4 Å². The Bertz CT molecular complexity index is 1100. The van der Waals surface area contributed by atoms with E-state index in [0.29, 0.717) is 20.0 Å². The number of fused-ring (bicyclic) bond motifs is 8. The molecule has 0 spiro atoms. The minimum atomic E-state index is -0.156. The van der Waals surface area contributed by atoms with Crippen LogP contribution in [0.25, 0.3) is 22.5 Å². The van der Waals surface area contributed by atoms with Crippen LogP contribution in [0.5, 0.6) is 0 Å². The summed E-state index contributed by atoms with van der Waals surface area (Å²) in [6.45, 7) is 0. The maximum absolute atomic E-state index is 13.0. The summed E-state index contributed by atoms with van der Waals surface area (Å²) < 4.78 is 0. The monoisotopic (exact) mass is 366 g/mol. The number of benzene rings is 2. The summed E-state index contributed by atoms with van der Waals surface area (Å²) in [6.07, 6.45) is 0. The number of rotatable bonds is 0. The van der Waals surface area contributed by atoms with Gasteiger partial charge in [-0.05, 0) is 34.9 Å². The van der Waals surface area contributed by atoms with Crippen LogP contribution in [-0.2, 0) is 0 Å². The van der Waals surface area contributed by atoms with Gasteiger partial charge in [0.25, 0.3) is 0 Å². The fraction of sp³-hybridized carbons (Fsp3) is 0. The molecule has 2 aromatic heterocycles. The Morgan fingerprint density at radius 3 is 1.48 bits per heavy atom. The molecule has 1 aliphatic heterocycles. The lowest BCUT2D eigenvalue weighted by Crippen LogP contribution is -2.13. The number of hydrogen-bond donors (Lipinski definition) is 0. The van der Waals surface area contributed by atoms with E-state index in [4.69, 9.17) is 0 Å². The van der Waals surface area contributed by atoms with Crippen LogP contribution in [0.3, 0.4) is 0 Å². The van der Waals surface area contributed by atoms with Crippen LogP contribution in [0.15, 0.2) is 84.9 Å². The number of carbonyl (C=O) groups is 1. The van der Waals surface area contributed by atoms with Crippen molar-refractivity contribution in [3.05, 3.63) is 96.3 Å². The molecule has 2 aromatic carbocycles. The van der Waals surface area contributed by atoms with Gasteiger partial charge in [-0.3, -0.25) is 4.79 Å². The van der Waals surface area contributed by atoms with Gasteiger partial charge >= 0.3 is 0 Å². The first-order chi connectivity index (χ1) is 13.3. The van der Waals surface area contributed by atoms with Crippen LogP contribution in [0.4, 0.5) is 0 Å². The highest BCUT2D eigenvalue weighted by Gasteiger charge is 2.18. The summed E-state index contributed by atoms with van der Waals surface area (Å²) in [7, 11) is 0.471. The van der Waals surface area contributed by atoms with Gasteiger partial charge in [-0.2, -0.15) is 0 Å². The van der Waals surface area contributed by atoms with Crippen molar-refractivity contribution < 1.29 is 4.79 Å². The van der Waals surface area contributed by atoms with Gasteiger partial charge in [0.15, 0.2) is 0 Å². The van der Waals surface area contributed by atoms with Crippen molar-refractivity contribution in [2.75, 3.05) is 0 Å². The maximum Gasteiger partial charge on any atom is 0.229 e. The van der Waals surface area contributed by atoms with Crippen molar-refractivity contribution in [2.24, 2.45) is 0 Å². The third-order valence-corrected chi connectivity index (χ3v) is 6.05. The first-order valence-electron chi connectivity index (χ1n) is 8.74. The van der Waals surface area contributed by atoms with E-state index >= 15 is 0 Å².